The molecule has 0 atom stereocenters. The number of nitro benzene ring substituents is 1. The molecule has 0 unspecified atom stereocenters. The minimum atomic E-state index is -3.50. The van der Waals surface area contributed by atoms with Crippen molar-refractivity contribution in [3.05, 3.63) is 39.2 Å². The Kier molecular flexibility index (Phi) is 3.08. The van der Waals surface area contributed by atoms with Gasteiger partial charge in [0.1, 0.15) is 5.56 Å². The first-order chi connectivity index (χ1) is 7.64. The summed E-state index contributed by atoms with van der Waals surface area (Å²) in [5.74, 6) is -6.99. The highest BCUT2D eigenvalue weighted by atomic mass is 19.3. The Morgan fingerprint density at radius 3 is 2.35 bits per heavy atom. The normalized spacial score (nSPS) is 11.3. The summed E-state index contributed by atoms with van der Waals surface area (Å²) in [7, 11) is 0. The molecular weight excluding hydrogens is 243 g/mol. The summed E-state index contributed by atoms with van der Waals surface area (Å²) >= 11 is 0. The first kappa shape index (κ1) is 12.9. The van der Waals surface area contributed by atoms with Crippen LogP contribution in [0.25, 0.3) is 0 Å². The molecule has 0 spiro atoms. The van der Waals surface area contributed by atoms with Crippen molar-refractivity contribution < 1.29 is 28.0 Å². The van der Waals surface area contributed by atoms with Crippen LogP contribution >= 0.6 is 0 Å². The van der Waals surface area contributed by atoms with Gasteiger partial charge >= 0.3 is 11.7 Å². The Bertz CT molecular complexity index is 460. The van der Waals surface area contributed by atoms with E-state index in [1.165, 1.54) is 0 Å². The van der Waals surface area contributed by atoms with E-state index in [1.54, 1.807) is 0 Å². The van der Waals surface area contributed by atoms with Crippen molar-refractivity contribution in [1.82, 2.24) is 0 Å². The van der Waals surface area contributed by atoms with Crippen molar-refractivity contribution in [2.45, 2.75) is 12.8 Å². The molecule has 0 aliphatic heterocycles. The first-order valence-electron chi connectivity index (χ1n) is 4.24. The Morgan fingerprint density at radius 2 is 2.00 bits per heavy atom. The van der Waals surface area contributed by atoms with Crippen LogP contribution in [-0.4, -0.2) is 16.0 Å². The molecule has 5 nitrogen and oxygen atoms in total. The van der Waals surface area contributed by atoms with Gasteiger partial charge in [-0.15, -0.1) is 0 Å². The fraction of sp³-hybridized carbons (Fsp3) is 0.222. The van der Waals surface area contributed by atoms with Gasteiger partial charge in [0, 0.05) is 18.6 Å². The summed E-state index contributed by atoms with van der Waals surface area (Å²) in [4.78, 5) is 19.7. The van der Waals surface area contributed by atoms with E-state index in [2.05, 4.69) is 0 Å². The van der Waals surface area contributed by atoms with Gasteiger partial charge in [-0.1, -0.05) is 0 Å². The molecule has 1 aromatic rings. The largest absolute Gasteiger partial charge is 0.478 e. The number of hydrogen-bond donors (Lipinski definition) is 1. The number of carboxylic acids is 1. The van der Waals surface area contributed by atoms with E-state index in [1.807, 2.05) is 0 Å². The Balaban J connectivity index is 3.59. The molecule has 17 heavy (non-hydrogen) atoms. The fourth-order valence-electron chi connectivity index (χ4n) is 1.15. The van der Waals surface area contributed by atoms with Crippen LogP contribution in [0.4, 0.5) is 18.9 Å². The summed E-state index contributed by atoms with van der Waals surface area (Å²) in [6.07, 6.45) is 0. The molecule has 1 aromatic carbocycles. The van der Waals surface area contributed by atoms with E-state index in [4.69, 9.17) is 5.11 Å². The molecule has 0 aliphatic carbocycles. The lowest BCUT2D eigenvalue weighted by Crippen LogP contribution is -2.12. The summed E-state index contributed by atoms with van der Waals surface area (Å²) in [6.45, 7) is 0.426. The minimum Gasteiger partial charge on any atom is -0.478 e. The maximum atomic E-state index is 13.3. The molecule has 0 amide bonds. The van der Waals surface area contributed by atoms with Crippen LogP contribution in [0.1, 0.15) is 22.8 Å². The molecule has 0 heterocycles. The van der Waals surface area contributed by atoms with E-state index in [-0.39, 0.29) is 0 Å². The van der Waals surface area contributed by atoms with E-state index in [0.717, 1.165) is 0 Å². The van der Waals surface area contributed by atoms with E-state index in [0.29, 0.717) is 19.1 Å². The van der Waals surface area contributed by atoms with Gasteiger partial charge in [-0.2, -0.15) is 4.39 Å². The number of benzene rings is 1. The second-order valence-corrected chi connectivity index (χ2v) is 3.31. The molecule has 0 fully saturated rings. The third-order valence-corrected chi connectivity index (χ3v) is 1.99. The third-order valence-electron chi connectivity index (χ3n) is 1.99. The van der Waals surface area contributed by atoms with Crippen molar-refractivity contribution in [1.29, 1.82) is 0 Å². The summed E-state index contributed by atoms with van der Waals surface area (Å²) in [5.41, 5.74) is -3.37. The van der Waals surface area contributed by atoms with Gasteiger partial charge in [0.2, 0.25) is 5.82 Å². The van der Waals surface area contributed by atoms with Gasteiger partial charge in [-0.3, -0.25) is 10.1 Å². The minimum absolute atomic E-state index is 0.321. The topological polar surface area (TPSA) is 80.4 Å². The quantitative estimate of drug-likeness (QED) is 0.659. The SMILES string of the molecule is CC(F)(F)c1cc(C(=O)O)c(F)c([N+](=O)[O-])c1. The molecular formula is C9H6F3NO4. The standard InChI is InChI=1S/C9H6F3NO4/c1-9(11,12)4-2-5(8(14)15)7(10)6(3-4)13(16)17/h2-3H,1H3,(H,14,15). The van der Waals surface area contributed by atoms with Crippen LogP contribution < -0.4 is 0 Å². The van der Waals surface area contributed by atoms with Gasteiger partial charge in [0.05, 0.1) is 4.92 Å². The zero-order valence-corrected chi connectivity index (χ0v) is 8.41. The molecule has 0 saturated heterocycles. The van der Waals surface area contributed by atoms with Crippen LogP contribution in [0, 0.1) is 15.9 Å². The number of rotatable bonds is 3. The van der Waals surface area contributed by atoms with Gasteiger partial charge in [-0.25, -0.2) is 13.6 Å². The molecule has 0 saturated carbocycles. The molecule has 0 aromatic heterocycles. The third kappa shape index (κ3) is 2.52. The smallest absolute Gasteiger partial charge is 0.338 e. The number of halogens is 3. The summed E-state index contributed by atoms with van der Waals surface area (Å²) in [5, 5.41) is 19.0. The molecule has 1 N–H and O–H groups in total. The zero-order valence-electron chi connectivity index (χ0n) is 8.41. The molecule has 92 valence electrons. The van der Waals surface area contributed by atoms with Crippen molar-refractivity contribution in [3.8, 4) is 0 Å². The molecule has 8 heteroatoms. The van der Waals surface area contributed by atoms with Crippen LogP contribution in [0.15, 0.2) is 12.1 Å². The number of alkyl halides is 2. The van der Waals surface area contributed by atoms with E-state index >= 15 is 0 Å². The van der Waals surface area contributed by atoms with Crippen LogP contribution in [0.3, 0.4) is 0 Å². The highest BCUT2D eigenvalue weighted by Gasteiger charge is 2.32. The van der Waals surface area contributed by atoms with Gasteiger partial charge in [0.25, 0.3) is 5.92 Å². The van der Waals surface area contributed by atoms with E-state index in [9.17, 15) is 28.1 Å². The highest BCUT2D eigenvalue weighted by molar-refractivity contribution is 5.89. The first-order valence-corrected chi connectivity index (χ1v) is 4.24. The molecule has 0 bridgehead atoms. The van der Waals surface area contributed by atoms with Crippen LogP contribution in [-0.2, 0) is 5.92 Å². The van der Waals surface area contributed by atoms with Gasteiger partial charge in [-0.05, 0) is 6.07 Å². The van der Waals surface area contributed by atoms with Crippen LogP contribution in [0.2, 0.25) is 0 Å². The number of carboxylic acid groups (broad SMARTS) is 1. The van der Waals surface area contributed by atoms with E-state index < -0.39 is 39.4 Å². The lowest BCUT2D eigenvalue weighted by Gasteiger charge is -2.11. The van der Waals surface area contributed by atoms with Crippen molar-refractivity contribution in [3.63, 3.8) is 0 Å². The highest BCUT2D eigenvalue weighted by Crippen LogP contribution is 2.32. The lowest BCUT2D eigenvalue weighted by atomic mass is 10.0. The monoisotopic (exact) mass is 249 g/mol. The zero-order chi connectivity index (χ0) is 13.4. The average Bonchev–Trinajstić information content (AvgIpc) is 2.14. The maximum Gasteiger partial charge on any atom is 0.338 e. The molecule has 0 radical (unpaired) electrons. The van der Waals surface area contributed by atoms with Gasteiger partial charge < -0.3 is 5.11 Å². The maximum absolute atomic E-state index is 13.3. The Hall–Kier alpha value is -2.12. The van der Waals surface area contributed by atoms with Gasteiger partial charge in [0.15, 0.2) is 0 Å². The predicted octanol–water partition coefficient (Wildman–Crippen LogP) is 2.54. The summed E-state index contributed by atoms with van der Waals surface area (Å²) in [6, 6.07) is 0.701. The number of aromatic carboxylic acids is 1. The molecule has 0 aliphatic rings. The second kappa shape index (κ2) is 4.04. The Morgan fingerprint density at radius 1 is 1.47 bits per heavy atom. The second-order valence-electron chi connectivity index (χ2n) is 3.31. The number of carbonyl (C=O) groups is 1. The van der Waals surface area contributed by atoms with Crippen LogP contribution in [0.5, 0.6) is 0 Å². The Labute approximate surface area is 92.6 Å². The van der Waals surface area contributed by atoms with Crippen molar-refractivity contribution in [2.24, 2.45) is 0 Å². The fourth-order valence-corrected chi connectivity index (χ4v) is 1.15. The predicted molar refractivity (Wildman–Crippen MR) is 49.6 cm³/mol. The van der Waals surface area contributed by atoms with Crippen molar-refractivity contribution in [2.75, 3.05) is 0 Å². The lowest BCUT2D eigenvalue weighted by molar-refractivity contribution is -0.387. The number of nitro groups is 1. The average molecular weight is 249 g/mol. The molecule has 1 rings (SSSR count). The number of nitrogens with zero attached hydrogens (tertiary/aromatic N) is 1. The summed E-state index contributed by atoms with van der Waals surface area (Å²) < 4.78 is 39.1. The van der Waals surface area contributed by atoms with Crippen molar-refractivity contribution >= 4 is 11.7 Å². The number of hydrogen-bond acceptors (Lipinski definition) is 3.